The molecule has 4 nitrogen and oxygen atoms in total. The zero-order valence-electron chi connectivity index (χ0n) is 8.61. The molecule has 0 unspecified atom stereocenters. The van der Waals surface area contributed by atoms with E-state index in [1.165, 1.54) is 6.07 Å². The minimum atomic E-state index is -0.331. The average Bonchev–Trinajstić information content (AvgIpc) is 2.63. The number of hydrogen-bond donors (Lipinski definition) is 1. The van der Waals surface area contributed by atoms with Gasteiger partial charge in [0, 0.05) is 11.5 Å². The highest BCUT2D eigenvalue weighted by Gasteiger charge is 2.13. The molecule has 0 aliphatic heterocycles. The highest BCUT2D eigenvalue weighted by Crippen LogP contribution is 2.24. The number of aromatic nitrogens is 3. The lowest BCUT2D eigenvalue weighted by Gasteiger charge is -2.04. The van der Waals surface area contributed by atoms with Gasteiger partial charge in [-0.25, -0.2) is 4.39 Å². The average molecular weight is 285 g/mol. The minimum absolute atomic E-state index is 0.277. The molecule has 0 saturated carbocycles. The summed E-state index contributed by atoms with van der Waals surface area (Å²) in [5, 5.41) is 7.82. The van der Waals surface area contributed by atoms with E-state index in [2.05, 4.69) is 26.1 Å². The van der Waals surface area contributed by atoms with Gasteiger partial charge < -0.3 is 10.3 Å². The lowest BCUT2D eigenvalue weighted by Crippen LogP contribution is -2.05. The molecule has 6 heteroatoms. The summed E-state index contributed by atoms with van der Waals surface area (Å²) in [7, 11) is 1.76. The highest BCUT2D eigenvalue weighted by atomic mass is 79.9. The maximum atomic E-state index is 13.6. The van der Waals surface area contributed by atoms with E-state index in [1.807, 2.05) is 0 Å². The summed E-state index contributed by atoms with van der Waals surface area (Å²) in [6, 6.07) is 4.69. The van der Waals surface area contributed by atoms with Crippen LogP contribution in [0.4, 0.5) is 4.39 Å². The third kappa shape index (κ3) is 1.85. The Morgan fingerprint density at radius 1 is 1.44 bits per heavy atom. The first-order valence-corrected chi connectivity index (χ1v) is 5.46. The molecule has 0 aliphatic carbocycles. The molecule has 0 atom stereocenters. The molecular formula is C10H10BrFN4. The van der Waals surface area contributed by atoms with E-state index < -0.39 is 0 Å². The second-order valence-electron chi connectivity index (χ2n) is 3.33. The van der Waals surface area contributed by atoms with Crippen molar-refractivity contribution in [1.29, 1.82) is 0 Å². The lowest BCUT2D eigenvalue weighted by molar-refractivity contribution is 0.628. The van der Waals surface area contributed by atoms with Crippen LogP contribution in [0.5, 0.6) is 0 Å². The summed E-state index contributed by atoms with van der Waals surface area (Å²) in [6.07, 6.45) is 0. The summed E-state index contributed by atoms with van der Waals surface area (Å²) in [5.41, 5.74) is 5.89. The van der Waals surface area contributed by atoms with Gasteiger partial charge in [-0.1, -0.05) is 15.9 Å². The van der Waals surface area contributed by atoms with Crippen LogP contribution in [-0.2, 0) is 13.6 Å². The normalized spacial score (nSPS) is 10.8. The van der Waals surface area contributed by atoms with Gasteiger partial charge in [0.2, 0.25) is 0 Å². The van der Waals surface area contributed by atoms with Gasteiger partial charge in [0.15, 0.2) is 5.82 Å². The molecule has 1 aromatic carbocycles. The van der Waals surface area contributed by atoms with Gasteiger partial charge in [-0.3, -0.25) is 0 Å². The number of halogens is 2. The summed E-state index contributed by atoms with van der Waals surface area (Å²) in [6.45, 7) is 0.277. The van der Waals surface area contributed by atoms with Crippen LogP contribution in [0.1, 0.15) is 5.82 Å². The van der Waals surface area contributed by atoms with Gasteiger partial charge in [-0.2, -0.15) is 0 Å². The Hall–Kier alpha value is -1.27. The predicted molar refractivity (Wildman–Crippen MR) is 62.0 cm³/mol. The van der Waals surface area contributed by atoms with Crippen LogP contribution in [0.2, 0.25) is 0 Å². The molecular weight excluding hydrogens is 275 g/mol. The molecule has 0 aliphatic rings. The number of benzene rings is 1. The molecule has 2 N–H and O–H groups in total. The van der Waals surface area contributed by atoms with Crippen molar-refractivity contribution in [3.63, 3.8) is 0 Å². The van der Waals surface area contributed by atoms with E-state index in [1.54, 1.807) is 23.7 Å². The van der Waals surface area contributed by atoms with Crippen LogP contribution in [0.25, 0.3) is 11.4 Å². The monoisotopic (exact) mass is 284 g/mol. The summed E-state index contributed by atoms with van der Waals surface area (Å²) < 4.78 is 16.1. The van der Waals surface area contributed by atoms with Crippen molar-refractivity contribution >= 4 is 15.9 Å². The quantitative estimate of drug-likeness (QED) is 0.916. The van der Waals surface area contributed by atoms with Crippen LogP contribution in [0.15, 0.2) is 22.7 Å². The molecule has 0 amide bonds. The summed E-state index contributed by atoms with van der Waals surface area (Å²) in [4.78, 5) is 0. The topological polar surface area (TPSA) is 56.7 Å². The molecule has 0 spiro atoms. The lowest BCUT2D eigenvalue weighted by atomic mass is 10.2. The Morgan fingerprint density at radius 2 is 2.19 bits per heavy atom. The Balaban J connectivity index is 2.58. The standard InChI is InChI=1S/C10H10BrFN4/c1-16-9(5-13)14-15-10(16)7-4-6(11)2-3-8(7)12/h2-4H,5,13H2,1H3. The van der Waals surface area contributed by atoms with Gasteiger partial charge in [0.1, 0.15) is 11.6 Å². The number of nitrogens with two attached hydrogens (primary N) is 1. The third-order valence-corrected chi connectivity index (χ3v) is 2.81. The van der Waals surface area contributed by atoms with Crippen molar-refractivity contribution in [2.75, 3.05) is 0 Å². The van der Waals surface area contributed by atoms with E-state index in [0.717, 1.165) is 4.47 Å². The number of rotatable bonds is 2. The molecule has 1 heterocycles. The largest absolute Gasteiger partial charge is 0.324 e. The molecule has 0 fully saturated rings. The summed E-state index contributed by atoms with van der Waals surface area (Å²) in [5.74, 6) is 0.760. The maximum absolute atomic E-state index is 13.6. The van der Waals surface area contributed by atoms with Gasteiger partial charge in [0.05, 0.1) is 12.1 Å². The smallest absolute Gasteiger partial charge is 0.166 e. The van der Waals surface area contributed by atoms with Crippen LogP contribution in [0, 0.1) is 5.82 Å². The van der Waals surface area contributed by atoms with E-state index in [9.17, 15) is 4.39 Å². The summed E-state index contributed by atoms with van der Waals surface area (Å²) >= 11 is 3.29. The van der Waals surface area contributed by atoms with Gasteiger partial charge in [0.25, 0.3) is 0 Å². The van der Waals surface area contributed by atoms with Crippen LogP contribution < -0.4 is 5.73 Å². The molecule has 0 saturated heterocycles. The van der Waals surface area contributed by atoms with Gasteiger partial charge >= 0.3 is 0 Å². The van der Waals surface area contributed by atoms with Crippen molar-refractivity contribution in [1.82, 2.24) is 14.8 Å². The SMILES string of the molecule is Cn1c(CN)nnc1-c1cc(Br)ccc1F. The van der Waals surface area contributed by atoms with Gasteiger partial charge in [-0.15, -0.1) is 10.2 Å². The molecule has 0 radical (unpaired) electrons. The van der Waals surface area contributed by atoms with Crippen molar-refractivity contribution in [3.05, 3.63) is 34.3 Å². The van der Waals surface area contributed by atoms with Crippen molar-refractivity contribution in [3.8, 4) is 11.4 Å². The third-order valence-electron chi connectivity index (χ3n) is 2.32. The second kappa shape index (κ2) is 4.31. The molecule has 1 aromatic heterocycles. The Kier molecular flexibility index (Phi) is 3.02. The molecule has 2 rings (SSSR count). The Labute approximate surface area is 100 Å². The second-order valence-corrected chi connectivity index (χ2v) is 4.24. The van der Waals surface area contributed by atoms with Crippen molar-refractivity contribution in [2.24, 2.45) is 12.8 Å². The highest BCUT2D eigenvalue weighted by molar-refractivity contribution is 9.10. The minimum Gasteiger partial charge on any atom is -0.324 e. The zero-order chi connectivity index (χ0) is 11.7. The molecule has 84 valence electrons. The maximum Gasteiger partial charge on any atom is 0.166 e. The van der Waals surface area contributed by atoms with E-state index in [4.69, 9.17) is 5.73 Å². The molecule has 16 heavy (non-hydrogen) atoms. The molecule has 2 aromatic rings. The predicted octanol–water partition coefficient (Wildman–Crippen LogP) is 1.84. The van der Waals surface area contributed by atoms with E-state index in [-0.39, 0.29) is 12.4 Å². The number of nitrogens with zero attached hydrogens (tertiary/aromatic N) is 3. The Bertz CT molecular complexity index is 524. The van der Waals surface area contributed by atoms with Crippen LogP contribution in [0.3, 0.4) is 0 Å². The van der Waals surface area contributed by atoms with Crippen molar-refractivity contribution in [2.45, 2.75) is 6.54 Å². The van der Waals surface area contributed by atoms with Crippen LogP contribution in [-0.4, -0.2) is 14.8 Å². The van der Waals surface area contributed by atoms with E-state index >= 15 is 0 Å². The zero-order valence-corrected chi connectivity index (χ0v) is 10.2. The fraction of sp³-hybridized carbons (Fsp3) is 0.200. The van der Waals surface area contributed by atoms with Crippen molar-refractivity contribution < 1.29 is 4.39 Å². The first kappa shape index (κ1) is 11.2. The fourth-order valence-electron chi connectivity index (χ4n) is 1.44. The van der Waals surface area contributed by atoms with E-state index in [0.29, 0.717) is 17.2 Å². The van der Waals surface area contributed by atoms with Crippen LogP contribution >= 0.6 is 15.9 Å². The Morgan fingerprint density at radius 3 is 2.81 bits per heavy atom. The fourth-order valence-corrected chi connectivity index (χ4v) is 1.80. The number of hydrogen-bond acceptors (Lipinski definition) is 3. The van der Waals surface area contributed by atoms with Gasteiger partial charge in [-0.05, 0) is 18.2 Å². The first-order chi connectivity index (χ1) is 7.63. The first-order valence-electron chi connectivity index (χ1n) is 4.67. The molecule has 0 bridgehead atoms.